The first-order chi connectivity index (χ1) is 7.77. The lowest BCUT2D eigenvalue weighted by Crippen LogP contribution is -2.11. The van der Waals surface area contributed by atoms with Gasteiger partial charge >= 0.3 is 0 Å². The van der Waals surface area contributed by atoms with Crippen molar-refractivity contribution in [1.29, 1.82) is 0 Å². The van der Waals surface area contributed by atoms with E-state index in [0.29, 0.717) is 6.04 Å². The summed E-state index contributed by atoms with van der Waals surface area (Å²) in [7, 11) is 0. The molecule has 2 rings (SSSR count). The second kappa shape index (κ2) is 5.46. The number of nitrogens with zero attached hydrogens (tertiary/aromatic N) is 3. The van der Waals surface area contributed by atoms with E-state index < -0.39 is 0 Å². The Morgan fingerprint density at radius 1 is 1.31 bits per heavy atom. The number of hydrogen-bond acceptors (Lipinski definition) is 2. The van der Waals surface area contributed by atoms with E-state index in [2.05, 4.69) is 28.6 Å². The van der Waals surface area contributed by atoms with Gasteiger partial charge in [0.2, 0.25) is 0 Å². The maximum absolute atomic E-state index is 4.23. The van der Waals surface area contributed by atoms with Crippen molar-refractivity contribution in [2.45, 2.75) is 64.8 Å². The Morgan fingerprint density at radius 3 is 2.75 bits per heavy atom. The third kappa shape index (κ3) is 2.83. The van der Waals surface area contributed by atoms with Crippen LogP contribution in [0.25, 0.3) is 0 Å². The van der Waals surface area contributed by atoms with Crippen LogP contribution in [-0.4, -0.2) is 14.8 Å². The van der Waals surface area contributed by atoms with E-state index in [1.54, 1.807) is 0 Å². The first kappa shape index (κ1) is 11.6. The summed E-state index contributed by atoms with van der Waals surface area (Å²) in [5, 5.41) is 8.25. The zero-order valence-electron chi connectivity index (χ0n) is 10.5. The highest BCUT2D eigenvalue weighted by atomic mass is 15.3. The number of aryl methyl sites for hydroxylation is 1. The van der Waals surface area contributed by atoms with Gasteiger partial charge < -0.3 is 4.57 Å². The molecule has 1 aliphatic rings. The van der Waals surface area contributed by atoms with Crippen LogP contribution < -0.4 is 0 Å². The van der Waals surface area contributed by atoms with Crippen molar-refractivity contribution in [2.75, 3.05) is 0 Å². The van der Waals surface area contributed by atoms with Gasteiger partial charge in [0.05, 0.1) is 0 Å². The van der Waals surface area contributed by atoms with E-state index in [9.17, 15) is 0 Å². The third-order valence-corrected chi connectivity index (χ3v) is 3.70. The summed E-state index contributed by atoms with van der Waals surface area (Å²) in [6.45, 7) is 4.38. The first-order valence-electron chi connectivity index (χ1n) is 6.65. The predicted octanol–water partition coefficient (Wildman–Crippen LogP) is 3.37. The molecule has 1 fully saturated rings. The first-order valence-corrected chi connectivity index (χ1v) is 6.65. The molecule has 0 spiro atoms. The van der Waals surface area contributed by atoms with Crippen molar-refractivity contribution in [3.8, 4) is 0 Å². The number of hydrogen-bond donors (Lipinski definition) is 0. The zero-order valence-corrected chi connectivity index (χ0v) is 10.5. The van der Waals surface area contributed by atoms with Crippen LogP contribution in [0.15, 0.2) is 6.33 Å². The van der Waals surface area contributed by atoms with Crippen molar-refractivity contribution in [2.24, 2.45) is 5.92 Å². The lowest BCUT2D eigenvalue weighted by atomic mass is 9.86. The van der Waals surface area contributed by atoms with E-state index in [4.69, 9.17) is 0 Å². The molecule has 0 bridgehead atoms. The van der Waals surface area contributed by atoms with E-state index in [1.165, 1.54) is 44.3 Å². The number of aromatic nitrogens is 3. The molecule has 1 aromatic heterocycles. The second-order valence-electron chi connectivity index (χ2n) is 5.29. The minimum atomic E-state index is 0.483. The van der Waals surface area contributed by atoms with Crippen LogP contribution in [0, 0.1) is 5.92 Å². The van der Waals surface area contributed by atoms with Crippen molar-refractivity contribution in [3.05, 3.63) is 12.2 Å². The molecule has 3 heteroatoms. The smallest absolute Gasteiger partial charge is 0.133 e. The SMILES string of the molecule is CC(C)n1cnnc1CCC1CCCCC1. The zero-order chi connectivity index (χ0) is 11.4. The molecule has 16 heavy (non-hydrogen) atoms. The van der Waals surface area contributed by atoms with Gasteiger partial charge in [0, 0.05) is 12.5 Å². The lowest BCUT2D eigenvalue weighted by Gasteiger charge is -2.21. The molecule has 1 aromatic rings. The summed E-state index contributed by atoms with van der Waals surface area (Å²) in [5.41, 5.74) is 0. The van der Waals surface area contributed by atoms with Gasteiger partial charge in [0.15, 0.2) is 0 Å². The second-order valence-corrected chi connectivity index (χ2v) is 5.29. The van der Waals surface area contributed by atoms with E-state index in [1.807, 2.05) is 6.33 Å². The van der Waals surface area contributed by atoms with Crippen LogP contribution in [0.2, 0.25) is 0 Å². The third-order valence-electron chi connectivity index (χ3n) is 3.70. The molecule has 1 aliphatic carbocycles. The molecular weight excluding hydrogens is 198 g/mol. The maximum Gasteiger partial charge on any atom is 0.133 e. The van der Waals surface area contributed by atoms with E-state index >= 15 is 0 Å². The molecule has 0 amide bonds. The van der Waals surface area contributed by atoms with Crippen LogP contribution in [0.1, 0.15) is 64.2 Å². The Balaban J connectivity index is 1.86. The Kier molecular flexibility index (Phi) is 3.97. The Bertz CT molecular complexity index is 311. The quantitative estimate of drug-likeness (QED) is 0.780. The minimum absolute atomic E-state index is 0.483. The van der Waals surface area contributed by atoms with E-state index in [-0.39, 0.29) is 0 Å². The minimum Gasteiger partial charge on any atom is -0.315 e. The molecule has 1 heterocycles. The van der Waals surface area contributed by atoms with Crippen molar-refractivity contribution in [3.63, 3.8) is 0 Å². The monoisotopic (exact) mass is 221 g/mol. The maximum atomic E-state index is 4.23. The van der Waals surface area contributed by atoms with Crippen LogP contribution in [0.5, 0.6) is 0 Å². The normalized spacial score (nSPS) is 18.2. The summed E-state index contributed by atoms with van der Waals surface area (Å²) in [4.78, 5) is 0. The highest BCUT2D eigenvalue weighted by Gasteiger charge is 2.15. The van der Waals surface area contributed by atoms with Gasteiger partial charge in [-0.25, -0.2) is 0 Å². The molecule has 0 atom stereocenters. The Morgan fingerprint density at radius 2 is 2.06 bits per heavy atom. The molecule has 0 aliphatic heterocycles. The van der Waals surface area contributed by atoms with Crippen molar-refractivity contribution >= 4 is 0 Å². The van der Waals surface area contributed by atoms with Crippen LogP contribution >= 0.6 is 0 Å². The predicted molar refractivity (Wildman–Crippen MR) is 65.3 cm³/mol. The van der Waals surface area contributed by atoms with Crippen LogP contribution in [-0.2, 0) is 6.42 Å². The number of rotatable bonds is 4. The summed E-state index contributed by atoms with van der Waals surface area (Å²) < 4.78 is 2.20. The van der Waals surface area contributed by atoms with Gasteiger partial charge in [0.25, 0.3) is 0 Å². The molecule has 90 valence electrons. The molecular formula is C13H23N3. The Hall–Kier alpha value is -0.860. The standard InChI is InChI=1S/C13H23N3/c1-11(2)16-10-14-15-13(16)9-8-12-6-4-3-5-7-12/h10-12H,3-9H2,1-2H3. The summed E-state index contributed by atoms with van der Waals surface area (Å²) in [6.07, 6.45) is 11.4. The van der Waals surface area contributed by atoms with Gasteiger partial charge in [-0.3, -0.25) is 0 Å². The van der Waals surface area contributed by atoms with Gasteiger partial charge in [-0.2, -0.15) is 0 Å². The highest BCUT2D eigenvalue weighted by molar-refractivity contribution is 4.89. The topological polar surface area (TPSA) is 30.7 Å². The largest absolute Gasteiger partial charge is 0.315 e. The fourth-order valence-corrected chi connectivity index (χ4v) is 2.69. The molecule has 1 saturated carbocycles. The lowest BCUT2D eigenvalue weighted by molar-refractivity contribution is 0.335. The molecule has 0 radical (unpaired) electrons. The molecule has 0 unspecified atom stereocenters. The van der Waals surface area contributed by atoms with Gasteiger partial charge in [-0.1, -0.05) is 32.1 Å². The molecule has 3 nitrogen and oxygen atoms in total. The fourth-order valence-electron chi connectivity index (χ4n) is 2.69. The average molecular weight is 221 g/mol. The summed E-state index contributed by atoms with van der Waals surface area (Å²) in [6, 6.07) is 0.483. The van der Waals surface area contributed by atoms with E-state index in [0.717, 1.165) is 12.3 Å². The van der Waals surface area contributed by atoms with Gasteiger partial charge in [-0.05, 0) is 26.2 Å². The summed E-state index contributed by atoms with van der Waals surface area (Å²) in [5.74, 6) is 2.10. The van der Waals surface area contributed by atoms with Crippen molar-refractivity contribution < 1.29 is 0 Å². The fraction of sp³-hybridized carbons (Fsp3) is 0.846. The highest BCUT2D eigenvalue weighted by Crippen LogP contribution is 2.27. The van der Waals surface area contributed by atoms with Crippen LogP contribution in [0.4, 0.5) is 0 Å². The average Bonchev–Trinajstić information content (AvgIpc) is 2.76. The molecule has 0 saturated heterocycles. The molecule has 0 aromatic carbocycles. The van der Waals surface area contributed by atoms with Crippen molar-refractivity contribution in [1.82, 2.24) is 14.8 Å². The summed E-state index contributed by atoms with van der Waals surface area (Å²) >= 11 is 0. The molecule has 0 N–H and O–H groups in total. The van der Waals surface area contributed by atoms with Gasteiger partial charge in [-0.15, -0.1) is 10.2 Å². The Labute approximate surface area is 98.3 Å². The van der Waals surface area contributed by atoms with Crippen LogP contribution in [0.3, 0.4) is 0 Å². The van der Waals surface area contributed by atoms with Gasteiger partial charge in [0.1, 0.15) is 12.2 Å².